The molecule has 0 saturated heterocycles. The molecule has 0 unspecified atom stereocenters. The first kappa shape index (κ1) is 10.8. The van der Waals surface area contributed by atoms with Gasteiger partial charge in [-0.3, -0.25) is 0 Å². The van der Waals surface area contributed by atoms with Gasteiger partial charge in [-0.2, -0.15) is 0 Å². The summed E-state index contributed by atoms with van der Waals surface area (Å²) < 4.78 is 6.78. The Morgan fingerprint density at radius 3 is 2.93 bits per heavy atom. The van der Waals surface area contributed by atoms with Gasteiger partial charge in [0.1, 0.15) is 0 Å². The second kappa shape index (κ2) is 4.85. The van der Waals surface area contributed by atoms with Crippen molar-refractivity contribution in [2.24, 2.45) is 17.8 Å². The monoisotopic (exact) mass is 362 g/mol. The summed E-state index contributed by atoms with van der Waals surface area (Å²) >= 11 is 1.52. The average molecular weight is 362 g/mol. The number of fused-ring (bicyclic) bond motifs is 1. The Kier molecular flexibility index (Phi) is 3.73. The summed E-state index contributed by atoms with van der Waals surface area (Å²) in [7, 11) is 1.83. The molecule has 0 heterocycles. The second-order valence-corrected chi connectivity index (χ2v) is 5.85. The Labute approximate surface area is 97.3 Å². The number of ether oxygens (including phenoxy) is 1. The molecule has 1 saturated carbocycles. The summed E-state index contributed by atoms with van der Waals surface area (Å²) in [5.74, 6) is 2.47. The molecule has 0 bridgehead atoms. The van der Waals surface area contributed by atoms with Crippen molar-refractivity contribution >= 4 is 4.08 Å². The van der Waals surface area contributed by atoms with E-state index in [1.165, 1.54) is 55.5 Å². The molecule has 78 valence electrons. The molecule has 14 heavy (non-hydrogen) atoms. The SMILES string of the molecule is CO[C](=[W])[C@@H]1CC=C[C@H]2CCCC[C@H]21. The Balaban J connectivity index is 2.11. The van der Waals surface area contributed by atoms with Gasteiger partial charge in [-0.05, 0) is 0 Å². The van der Waals surface area contributed by atoms with Crippen molar-refractivity contribution in [3.63, 3.8) is 0 Å². The fourth-order valence-corrected chi connectivity index (χ4v) is 3.90. The maximum absolute atomic E-state index is 5.46. The van der Waals surface area contributed by atoms with E-state index in [1.54, 1.807) is 0 Å². The second-order valence-electron chi connectivity index (χ2n) is 4.41. The molecule has 1 nitrogen and oxygen atoms in total. The average Bonchev–Trinajstić information content (AvgIpc) is 2.27. The summed E-state index contributed by atoms with van der Waals surface area (Å²) in [5.41, 5.74) is 0. The molecule has 2 heteroatoms. The number of rotatable bonds is 2. The van der Waals surface area contributed by atoms with Crippen LogP contribution in [0.15, 0.2) is 12.2 Å². The summed E-state index contributed by atoms with van der Waals surface area (Å²) in [4.78, 5) is 0. The van der Waals surface area contributed by atoms with Gasteiger partial charge in [0.15, 0.2) is 0 Å². The van der Waals surface area contributed by atoms with Crippen LogP contribution < -0.4 is 0 Å². The van der Waals surface area contributed by atoms with Gasteiger partial charge >= 0.3 is 97.3 Å². The van der Waals surface area contributed by atoms with Crippen molar-refractivity contribution in [1.29, 1.82) is 0 Å². The molecule has 0 N–H and O–H groups in total. The molecule has 2 aliphatic carbocycles. The van der Waals surface area contributed by atoms with E-state index in [0.717, 1.165) is 17.8 Å². The van der Waals surface area contributed by atoms with Crippen molar-refractivity contribution in [1.82, 2.24) is 0 Å². The van der Waals surface area contributed by atoms with E-state index in [-0.39, 0.29) is 0 Å². The Morgan fingerprint density at radius 2 is 2.14 bits per heavy atom. The molecule has 0 aromatic carbocycles. The molecule has 0 aromatic rings. The fraction of sp³-hybridized carbons (Fsp3) is 0.750. The molecule has 0 spiro atoms. The van der Waals surface area contributed by atoms with Gasteiger partial charge in [-0.25, -0.2) is 0 Å². The van der Waals surface area contributed by atoms with Gasteiger partial charge in [0.05, 0.1) is 0 Å². The van der Waals surface area contributed by atoms with Crippen LogP contribution in [0.1, 0.15) is 32.1 Å². The number of allylic oxidation sites excluding steroid dienone is 2. The van der Waals surface area contributed by atoms with E-state index in [2.05, 4.69) is 12.2 Å². The van der Waals surface area contributed by atoms with Crippen LogP contribution in [0.2, 0.25) is 0 Å². The van der Waals surface area contributed by atoms with Crippen LogP contribution in [0.3, 0.4) is 0 Å². The van der Waals surface area contributed by atoms with E-state index in [4.69, 9.17) is 4.74 Å². The molecule has 0 amide bonds. The van der Waals surface area contributed by atoms with Gasteiger partial charge in [0.2, 0.25) is 0 Å². The minimum atomic E-state index is 0.727. The van der Waals surface area contributed by atoms with Gasteiger partial charge in [-0.1, -0.05) is 0 Å². The van der Waals surface area contributed by atoms with Crippen LogP contribution >= 0.6 is 0 Å². The molecular formula is C12H18OW. The molecule has 1 fully saturated rings. The van der Waals surface area contributed by atoms with Crippen molar-refractivity contribution < 1.29 is 24.1 Å². The van der Waals surface area contributed by atoms with Crippen LogP contribution in [0.5, 0.6) is 0 Å². The third kappa shape index (κ3) is 2.09. The van der Waals surface area contributed by atoms with Crippen LogP contribution in [0.4, 0.5) is 0 Å². The number of hydrogen-bond donors (Lipinski definition) is 0. The predicted octanol–water partition coefficient (Wildman–Crippen LogP) is 2.69. The molecule has 3 atom stereocenters. The van der Waals surface area contributed by atoms with E-state index < -0.39 is 0 Å². The number of hydrogen-bond acceptors (Lipinski definition) is 1. The Bertz CT molecular complexity index is 247. The zero-order valence-electron chi connectivity index (χ0n) is 8.74. The third-order valence-corrected chi connectivity index (χ3v) is 5.36. The standard InChI is InChI=1S/C12H18O.W/c1-13-9-11-7-4-6-10-5-2-3-8-12(10)11;/h4,6,10-12H,2-3,5,7-8H2,1H3;/t10-,11+,12-;/m1./s1. The van der Waals surface area contributed by atoms with Crippen LogP contribution in [-0.2, 0) is 24.1 Å². The summed E-state index contributed by atoms with van der Waals surface area (Å²) in [6, 6.07) is 0. The summed E-state index contributed by atoms with van der Waals surface area (Å²) in [6.45, 7) is 0. The van der Waals surface area contributed by atoms with E-state index in [9.17, 15) is 0 Å². The molecule has 2 aliphatic rings. The van der Waals surface area contributed by atoms with Gasteiger partial charge in [0.25, 0.3) is 0 Å². The van der Waals surface area contributed by atoms with E-state index in [0.29, 0.717) is 0 Å². The topological polar surface area (TPSA) is 9.23 Å². The van der Waals surface area contributed by atoms with Gasteiger partial charge in [0, 0.05) is 0 Å². The molecular weight excluding hydrogens is 344 g/mol. The van der Waals surface area contributed by atoms with Crippen LogP contribution in [-0.4, -0.2) is 11.2 Å². The normalized spacial score (nSPS) is 36.5. The predicted molar refractivity (Wildman–Crippen MR) is 54.7 cm³/mol. The Morgan fingerprint density at radius 1 is 1.36 bits per heavy atom. The van der Waals surface area contributed by atoms with Crippen molar-refractivity contribution in [3.05, 3.63) is 12.2 Å². The van der Waals surface area contributed by atoms with Crippen molar-refractivity contribution in [2.45, 2.75) is 32.1 Å². The van der Waals surface area contributed by atoms with Gasteiger partial charge < -0.3 is 0 Å². The fourth-order valence-electron chi connectivity index (χ4n) is 2.92. The van der Waals surface area contributed by atoms with E-state index >= 15 is 0 Å². The Hall–Kier alpha value is 0.258. The first-order valence-electron chi connectivity index (χ1n) is 5.57. The maximum atomic E-state index is 5.46. The summed E-state index contributed by atoms with van der Waals surface area (Å²) in [6.07, 6.45) is 11.7. The molecule has 2 rings (SSSR count). The molecule has 0 aromatic heterocycles. The van der Waals surface area contributed by atoms with Crippen LogP contribution in [0, 0.1) is 17.8 Å². The first-order chi connectivity index (χ1) is 6.83. The van der Waals surface area contributed by atoms with E-state index in [1.807, 2.05) is 7.11 Å². The zero-order chi connectivity index (χ0) is 9.97. The number of methoxy groups -OCH3 is 1. The zero-order valence-corrected chi connectivity index (χ0v) is 11.7. The quantitative estimate of drug-likeness (QED) is 0.687. The van der Waals surface area contributed by atoms with Gasteiger partial charge in [-0.15, -0.1) is 0 Å². The van der Waals surface area contributed by atoms with Crippen molar-refractivity contribution in [2.75, 3.05) is 7.11 Å². The van der Waals surface area contributed by atoms with Crippen molar-refractivity contribution in [3.8, 4) is 0 Å². The molecule has 0 aliphatic heterocycles. The van der Waals surface area contributed by atoms with Crippen LogP contribution in [0.25, 0.3) is 0 Å². The molecule has 0 radical (unpaired) electrons. The first-order valence-corrected chi connectivity index (χ1v) is 7.04. The third-order valence-electron chi connectivity index (χ3n) is 3.67. The summed E-state index contributed by atoms with van der Waals surface area (Å²) in [5, 5.41) is 0. The minimum absolute atomic E-state index is 0.727.